The summed E-state index contributed by atoms with van der Waals surface area (Å²) in [6, 6.07) is 15.0. The van der Waals surface area contributed by atoms with Gasteiger partial charge in [0.1, 0.15) is 0 Å². The van der Waals surface area contributed by atoms with Crippen molar-refractivity contribution < 1.29 is 22.8 Å². The molecule has 1 N–H and O–H groups in total. The standard InChI is InChI=1S/C23H21F3N4O2/c24-23(25,26)20-11-13-30(28-20)19-9-7-16(8-10-19)22(32)27-12-3-6-21(31)29-14-17-4-1-2-5-18(17)15-29/h1-2,4-5,7-11,13H,3,6,12,14-15H2,(H,27,32). The van der Waals surface area contributed by atoms with Crippen LogP contribution in [0.1, 0.15) is 40.0 Å². The number of alkyl halides is 3. The summed E-state index contributed by atoms with van der Waals surface area (Å²) in [4.78, 5) is 26.5. The summed E-state index contributed by atoms with van der Waals surface area (Å²) in [5.74, 6) is -0.258. The first-order valence-corrected chi connectivity index (χ1v) is 10.2. The van der Waals surface area contributed by atoms with E-state index in [1.54, 1.807) is 0 Å². The third-order valence-electron chi connectivity index (χ3n) is 5.32. The van der Waals surface area contributed by atoms with E-state index in [9.17, 15) is 22.8 Å². The molecular weight excluding hydrogens is 421 g/mol. The molecule has 0 spiro atoms. The molecule has 0 saturated carbocycles. The van der Waals surface area contributed by atoms with Crippen LogP contribution in [0.2, 0.25) is 0 Å². The first kappa shape index (κ1) is 21.6. The van der Waals surface area contributed by atoms with Gasteiger partial charge in [0.15, 0.2) is 5.69 Å². The van der Waals surface area contributed by atoms with Crippen LogP contribution in [0.15, 0.2) is 60.8 Å². The van der Waals surface area contributed by atoms with Gasteiger partial charge in [-0.3, -0.25) is 9.59 Å². The van der Waals surface area contributed by atoms with Crippen molar-refractivity contribution in [3.63, 3.8) is 0 Å². The van der Waals surface area contributed by atoms with Crippen molar-refractivity contribution in [3.05, 3.63) is 83.2 Å². The molecule has 6 nitrogen and oxygen atoms in total. The summed E-state index contributed by atoms with van der Waals surface area (Å²) in [5.41, 5.74) is 2.14. The highest BCUT2D eigenvalue weighted by Gasteiger charge is 2.33. The van der Waals surface area contributed by atoms with Gasteiger partial charge >= 0.3 is 6.18 Å². The Kier molecular flexibility index (Phi) is 5.98. The highest BCUT2D eigenvalue weighted by Crippen LogP contribution is 2.28. The number of fused-ring (bicyclic) bond motifs is 1. The van der Waals surface area contributed by atoms with Crippen molar-refractivity contribution in [2.75, 3.05) is 6.54 Å². The van der Waals surface area contributed by atoms with Gasteiger partial charge in [0.2, 0.25) is 5.91 Å². The number of carbonyl (C=O) groups is 2. The molecule has 0 radical (unpaired) electrons. The Bertz CT molecular complexity index is 1100. The summed E-state index contributed by atoms with van der Waals surface area (Å²) < 4.78 is 39.1. The zero-order valence-corrected chi connectivity index (χ0v) is 17.1. The molecule has 9 heteroatoms. The smallest absolute Gasteiger partial charge is 0.352 e. The average molecular weight is 442 g/mol. The molecule has 0 saturated heterocycles. The lowest BCUT2D eigenvalue weighted by atomic mass is 10.1. The molecule has 2 aromatic carbocycles. The molecule has 0 atom stereocenters. The topological polar surface area (TPSA) is 67.2 Å². The Hall–Kier alpha value is -3.62. The quantitative estimate of drug-likeness (QED) is 0.588. The number of halogens is 3. The Balaban J connectivity index is 1.23. The number of aromatic nitrogens is 2. The van der Waals surface area contributed by atoms with Crippen molar-refractivity contribution in [2.24, 2.45) is 0 Å². The van der Waals surface area contributed by atoms with Gasteiger partial charge in [0, 0.05) is 37.8 Å². The summed E-state index contributed by atoms with van der Waals surface area (Å²) in [7, 11) is 0. The highest BCUT2D eigenvalue weighted by molar-refractivity contribution is 5.94. The second-order valence-electron chi connectivity index (χ2n) is 7.57. The van der Waals surface area contributed by atoms with E-state index in [1.165, 1.54) is 41.6 Å². The number of carbonyl (C=O) groups excluding carboxylic acids is 2. The van der Waals surface area contributed by atoms with Gasteiger partial charge in [0.05, 0.1) is 5.69 Å². The van der Waals surface area contributed by atoms with Crippen molar-refractivity contribution in [1.29, 1.82) is 0 Å². The first-order chi connectivity index (χ1) is 15.3. The third kappa shape index (κ3) is 4.82. The van der Waals surface area contributed by atoms with Gasteiger partial charge in [0.25, 0.3) is 5.91 Å². The van der Waals surface area contributed by atoms with Crippen LogP contribution in [0.3, 0.4) is 0 Å². The summed E-state index contributed by atoms with van der Waals surface area (Å²) in [6.45, 7) is 1.59. The van der Waals surface area contributed by atoms with Gasteiger partial charge in [-0.25, -0.2) is 4.68 Å². The maximum Gasteiger partial charge on any atom is 0.435 e. The van der Waals surface area contributed by atoms with Crippen molar-refractivity contribution in [2.45, 2.75) is 32.1 Å². The van der Waals surface area contributed by atoms with E-state index >= 15 is 0 Å². The van der Waals surface area contributed by atoms with Crippen LogP contribution in [0.25, 0.3) is 5.69 Å². The lowest BCUT2D eigenvalue weighted by Crippen LogP contribution is -2.28. The molecule has 1 aromatic heterocycles. The minimum Gasteiger partial charge on any atom is -0.352 e. The fraction of sp³-hybridized carbons (Fsp3) is 0.261. The predicted octanol–water partition coefficient (Wildman–Crippen LogP) is 3.94. The van der Waals surface area contributed by atoms with E-state index in [2.05, 4.69) is 10.4 Å². The molecule has 2 amide bonds. The van der Waals surface area contributed by atoms with Gasteiger partial charge in [-0.05, 0) is 47.9 Å². The van der Waals surface area contributed by atoms with Crippen LogP contribution >= 0.6 is 0 Å². The van der Waals surface area contributed by atoms with Crippen molar-refractivity contribution in [3.8, 4) is 5.69 Å². The number of nitrogens with one attached hydrogen (secondary N) is 1. The monoisotopic (exact) mass is 442 g/mol. The van der Waals surface area contributed by atoms with E-state index in [4.69, 9.17) is 0 Å². The molecule has 1 aliphatic heterocycles. The van der Waals surface area contributed by atoms with Crippen LogP contribution in [0.5, 0.6) is 0 Å². The number of hydrogen-bond donors (Lipinski definition) is 1. The number of benzene rings is 2. The second-order valence-corrected chi connectivity index (χ2v) is 7.57. The second kappa shape index (κ2) is 8.86. The molecule has 2 heterocycles. The molecule has 0 aliphatic carbocycles. The van der Waals surface area contributed by atoms with E-state index in [-0.39, 0.29) is 11.8 Å². The van der Waals surface area contributed by atoms with Gasteiger partial charge in [-0.15, -0.1) is 0 Å². The van der Waals surface area contributed by atoms with Crippen LogP contribution in [0.4, 0.5) is 13.2 Å². The Morgan fingerprint density at radius 3 is 2.22 bits per heavy atom. The van der Waals surface area contributed by atoms with E-state index < -0.39 is 11.9 Å². The maximum absolute atomic E-state index is 12.7. The molecule has 0 bridgehead atoms. The third-order valence-corrected chi connectivity index (χ3v) is 5.32. The Labute approximate surface area is 182 Å². The fourth-order valence-electron chi connectivity index (χ4n) is 3.60. The first-order valence-electron chi connectivity index (χ1n) is 10.2. The molecular formula is C23H21F3N4O2. The molecule has 166 valence electrons. The molecule has 0 fully saturated rings. The number of nitrogens with zero attached hydrogens (tertiary/aromatic N) is 3. The van der Waals surface area contributed by atoms with Crippen LogP contribution < -0.4 is 5.32 Å². The van der Waals surface area contributed by atoms with Gasteiger partial charge < -0.3 is 10.2 Å². The van der Waals surface area contributed by atoms with E-state index in [1.807, 2.05) is 29.2 Å². The predicted molar refractivity (Wildman–Crippen MR) is 111 cm³/mol. The lowest BCUT2D eigenvalue weighted by molar-refractivity contribution is -0.141. The zero-order valence-electron chi connectivity index (χ0n) is 17.1. The van der Waals surface area contributed by atoms with E-state index in [0.717, 1.165) is 10.7 Å². The SMILES string of the molecule is O=C(NCCCC(=O)N1Cc2ccccc2C1)c1ccc(-n2ccc(C(F)(F)F)n2)cc1. The largest absolute Gasteiger partial charge is 0.435 e. The zero-order chi connectivity index (χ0) is 22.7. The maximum atomic E-state index is 12.7. The van der Waals surface area contributed by atoms with Crippen molar-refractivity contribution >= 4 is 11.8 Å². The molecule has 0 unspecified atom stereocenters. The van der Waals surface area contributed by atoms with Gasteiger partial charge in [-0.1, -0.05) is 24.3 Å². The average Bonchev–Trinajstić information content (AvgIpc) is 3.44. The van der Waals surface area contributed by atoms with Crippen LogP contribution in [0, 0.1) is 0 Å². The van der Waals surface area contributed by atoms with Crippen LogP contribution in [-0.2, 0) is 24.1 Å². The lowest BCUT2D eigenvalue weighted by Gasteiger charge is -2.15. The summed E-state index contributed by atoms with van der Waals surface area (Å²) in [5, 5.41) is 6.27. The Morgan fingerprint density at radius 1 is 0.969 bits per heavy atom. The number of amides is 2. The molecule has 1 aliphatic rings. The minimum atomic E-state index is -4.51. The normalized spacial score (nSPS) is 13.2. The van der Waals surface area contributed by atoms with Crippen LogP contribution in [-0.4, -0.2) is 33.0 Å². The Morgan fingerprint density at radius 2 is 1.62 bits per heavy atom. The number of hydrogen-bond acceptors (Lipinski definition) is 3. The summed E-state index contributed by atoms with van der Waals surface area (Å²) >= 11 is 0. The summed E-state index contributed by atoms with van der Waals surface area (Å²) in [6.07, 6.45) is -2.43. The highest BCUT2D eigenvalue weighted by atomic mass is 19.4. The molecule has 32 heavy (non-hydrogen) atoms. The van der Waals surface area contributed by atoms with E-state index in [0.29, 0.717) is 43.7 Å². The minimum absolute atomic E-state index is 0.0530. The van der Waals surface area contributed by atoms with Gasteiger partial charge in [-0.2, -0.15) is 18.3 Å². The molecule has 3 aromatic rings. The van der Waals surface area contributed by atoms with Crippen molar-refractivity contribution in [1.82, 2.24) is 20.0 Å². The molecule has 4 rings (SSSR count). The number of rotatable bonds is 6. The fourth-order valence-corrected chi connectivity index (χ4v) is 3.60.